The number of carbonyl (C=O) groups excluding carboxylic acids is 3. The lowest BCUT2D eigenvalue weighted by atomic mass is 9.66. The molecule has 3 heterocycles. The van der Waals surface area contributed by atoms with E-state index in [0.717, 1.165) is 43.7 Å². The molecule has 0 aromatic heterocycles. The Morgan fingerprint density at radius 1 is 0.978 bits per heavy atom. The molecule has 1 spiro atoms. The van der Waals surface area contributed by atoms with E-state index in [4.69, 9.17) is 4.74 Å². The highest BCUT2D eigenvalue weighted by Crippen LogP contribution is 2.63. The summed E-state index contributed by atoms with van der Waals surface area (Å²) < 4.78 is 6.89. The minimum absolute atomic E-state index is 0.0925. The van der Waals surface area contributed by atoms with Gasteiger partial charge < -0.3 is 29.4 Å². The van der Waals surface area contributed by atoms with Gasteiger partial charge in [-0.1, -0.05) is 31.9 Å². The molecule has 0 aliphatic carbocycles. The van der Waals surface area contributed by atoms with Gasteiger partial charge in [0.25, 0.3) is 5.91 Å². The number of ether oxygens (including phenoxy) is 1. The summed E-state index contributed by atoms with van der Waals surface area (Å²) in [6.07, 6.45) is 8.44. The molecule has 1 aromatic carbocycles. The highest BCUT2D eigenvalue weighted by molar-refractivity contribution is 6.05. The zero-order valence-corrected chi connectivity index (χ0v) is 27.9. The van der Waals surface area contributed by atoms with E-state index in [1.807, 2.05) is 38.1 Å². The fourth-order valence-electron chi connectivity index (χ4n) is 8.01. The van der Waals surface area contributed by atoms with Crippen LogP contribution in [0.2, 0.25) is 0 Å². The zero-order chi connectivity index (χ0) is 32.8. The first-order valence-electron chi connectivity index (χ1n) is 17.0. The second-order valence-electron chi connectivity index (χ2n) is 12.9. The van der Waals surface area contributed by atoms with Crippen molar-refractivity contribution in [2.45, 2.75) is 89.9 Å². The Hall–Kier alpha value is -3.17. The van der Waals surface area contributed by atoms with Gasteiger partial charge in [0.1, 0.15) is 11.6 Å². The summed E-state index contributed by atoms with van der Waals surface area (Å²) >= 11 is 0. The van der Waals surface area contributed by atoms with Crippen LogP contribution in [-0.4, -0.2) is 95.7 Å². The fraction of sp³-hybridized carbons (Fsp3) is 0.639. The molecule has 5 atom stereocenters. The average molecular weight is 623 g/mol. The minimum atomic E-state index is -1.08. The van der Waals surface area contributed by atoms with Crippen LogP contribution in [0.1, 0.15) is 72.6 Å². The van der Waals surface area contributed by atoms with Crippen LogP contribution in [0.3, 0.4) is 0 Å². The van der Waals surface area contributed by atoms with E-state index in [9.17, 15) is 19.5 Å². The number of amides is 3. The monoisotopic (exact) mass is 622 g/mol. The number of nitrogens with zero attached hydrogens (tertiary/aromatic N) is 4. The number of unbranched alkanes of at least 4 members (excludes halogenated alkanes) is 3. The number of anilines is 2. The van der Waals surface area contributed by atoms with E-state index < -0.39 is 29.1 Å². The number of carbonyl (C=O) groups is 3. The van der Waals surface area contributed by atoms with Crippen molar-refractivity contribution in [3.8, 4) is 0 Å². The van der Waals surface area contributed by atoms with Gasteiger partial charge in [0.2, 0.25) is 11.8 Å². The molecule has 4 rings (SSSR count). The summed E-state index contributed by atoms with van der Waals surface area (Å²) in [5, 5.41) is 9.25. The Balaban J connectivity index is 1.74. The van der Waals surface area contributed by atoms with E-state index in [1.165, 1.54) is 0 Å². The quantitative estimate of drug-likeness (QED) is 0.187. The van der Waals surface area contributed by atoms with Crippen LogP contribution in [0.4, 0.5) is 11.4 Å². The zero-order valence-electron chi connectivity index (χ0n) is 27.9. The van der Waals surface area contributed by atoms with Crippen LogP contribution in [0.5, 0.6) is 0 Å². The normalized spacial score (nSPS) is 26.6. The van der Waals surface area contributed by atoms with Crippen molar-refractivity contribution in [2.24, 2.45) is 11.8 Å². The third-order valence-corrected chi connectivity index (χ3v) is 10.1. The number of benzene rings is 1. The van der Waals surface area contributed by atoms with Gasteiger partial charge in [-0.25, -0.2) is 0 Å². The minimum Gasteiger partial charge on any atom is -0.396 e. The first kappa shape index (κ1) is 34.7. The smallest absolute Gasteiger partial charge is 0.253 e. The Morgan fingerprint density at radius 3 is 2.22 bits per heavy atom. The fourth-order valence-corrected chi connectivity index (χ4v) is 8.01. The van der Waals surface area contributed by atoms with Gasteiger partial charge in [0, 0.05) is 57.3 Å². The van der Waals surface area contributed by atoms with Gasteiger partial charge in [-0.3, -0.25) is 14.4 Å². The number of hydrogen-bond acceptors (Lipinski definition) is 6. The molecule has 0 saturated carbocycles. The lowest BCUT2D eigenvalue weighted by Crippen LogP contribution is -2.56. The van der Waals surface area contributed by atoms with Crippen LogP contribution in [0, 0.1) is 11.8 Å². The molecule has 3 saturated heterocycles. The summed E-state index contributed by atoms with van der Waals surface area (Å²) in [5.74, 6) is -1.85. The number of hydrogen-bond donors (Lipinski definition) is 1. The molecule has 248 valence electrons. The second kappa shape index (κ2) is 14.9. The van der Waals surface area contributed by atoms with Crippen LogP contribution >= 0.6 is 0 Å². The van der Waals surface area contributed by atoms with E-state index in [0.29, 0.717) is 45.3 Å². The van der Waals surface area contributed by atoms with Crippen molar-refractivity contribution < 1.29 is 24.2 Å². The van der Waals surface area contributed by atoms with E-state index in [1.54, 1.807) is 26.9 Å². The number of aliphatic hydroxyl groups excluding tert-OH is 1. The van der Waals surface area contributed by atoms with Crippen molar-refractivity contribution >= 4 is 29.1 Å². The average Bonchev–Trinajstić information content (AvgIpc) is 3.60. The predicted octanol–water partition coefficient (Wildman–Crippen LogP) is 4.79. The van der Waals surface area contributed by atoms with Gasteiger partial charge in [-0.2, -0.15) is 0 Å². The Morgan fingerprint density at radius 2 is 1.62 bits per heavy atom. The molecule has 3 amide bonds. The molecule has 3 fully saturated rings. The van der Waals surface area contributed by atoms with Crippen LogP contribution in [0.15, 0.2) is 49.6 Å². The number of likely N-dealkylation sites (tertiary alicyclic amines) is 1. The summed E-state index contributed by atoms with van der Waals surface area (Å²) in [4.78, 5) is 51.0. The van der Waals surface area contributed by atoms with E-state index in [-0.39, 0.29) is 30.9 Å². The van der Waals surface area contributed by atoms with Gasteiger partial charge in [0.15, 0.2) is 0 Å². The van der Waals surface area contributed by atoms with Crippen molar-refractivity contribution in [3.63, 3.8) is 0 Å². The van der Waals surface area contributed by atoms with Gasteiger partial charge >= 0.3 is 0 Å². The molecule has 2 bridgehead atoms. The van der Waals surface area contributed by atoms with Crippen LogP contribution < -0.4 is 9.80 Å². The van der Waals surface area contributed by atoms with Crippen LogP contribution in [0.25, 0.3) is 0 Å². The molecule has 9 nitrogen and oxygen atoms in total. The van der Waals surface area contributed by atoms with E-state index >= 15 is 0 Å². The Kier molecular flexibility index (Phi) is 11.5. The summed E-state index contributed by atoms with van der Waals surface area (Å²) in [6.45, 7) is 19.5. The van der Waals surface area contributed by atoms with Gasteiger partial charge in [0.05, 0.1) is 17.4 Å². The molecule has 1 aromatic rings. The summed E-state index contributed by atoms with van der Waals surface area (Å²) in [5.41, 5.74) is -0.0962. The molecule has 2 unspecified atom stereocenters. The highest BCUT2D eigenvalue weighted by atomic mass is 16.5. The topological polar surface area (TPSA) is 93.6 Å². The lowest BCUT2D eigenvalue weighted by molar-refractivity contribution is -0.149. The second-order valence-corrected chi connectivity index (χ2v) is 12.9. The van der Waals surface area contributed by atoms with Gasteiger partial charge in [-0.05, 0) is 77.1 Å². The lowest BCUT2D eigenvalue weighted by Gasteiger charge is -2.37. The number of fused-ring (bicyclic) bond motifs is 1. The molecule has 3 aliphatic rings. The molecule has 45 heavy (non-hydrogen) atoms. The summed E-state index contributed by atoms with van der Waals surface area (Å²) in [6, 6.07) is 7.12. The Bertz CT molecular complexity index is 1220. The van der Waals surface area contributed by atoms with Crippen molar-refractivity contribution in [2.75, 3.05) is 55.7 Å². The summed E-state index contributed by atoms with van der Waals surface area (Å²) in [7, 11) is 0. The third kappa shape index (κ3) is 6.43. The molecule has 3 aliphatic heterocycles. The molecular weight excluding hydrogens is 568 g/mol. The largest absolute Gasteiger partial charge is 0.396 e. The molecule has 9 heteroatoms. The molecule has 1 N–H and O–H groups in total. The van der Waals surface area contributed by atoms with Crippen molar-refractivity contribution in [3.05, 3.63) is 49.6 Å². The third-order valence-electron chi connectivity index (χ3n) is 10.1. The number of aliphatic hydroxyl groups is 1. The maximum Gasteiger partial charge on any atom is 0.253 e. The first-order chi connectivity index (χ1) is 21.7. The maximum absolute atomic E-state index is 14.9. The van der Waals surface area contributed by atoms with E-state index in [2.05, 4.69) is 31.9 Å². The standard InChI is InChI=1S/C36H54N4O5/c1-7-22-38(23-8-2)32(42)29-30-33(43)40(25-14-12-13-15-26-41)31(36(30)21-20-35(29,6)45-36)34(44)39(24-9-3)28-18-16-27(17-19-28)37(10-4)11-5/h7,9,16-19,29-31,41H,1,3,8,10-15,20-26H2,2,4-6H3/t29-,30+,31?,35+,36?/m1/s1. The first-order valence-corrected chi connectivity index (χ1v) is 17.0. The van der Waals surface area contributed by atoms with Crippen molar-refractivity contribution in [1.29, 1.82) is 0 Å². The van der Waals surface area contributed by atoms with Crippen LogP contribution in [-0.2, 0) is 19.1 Å². The highest BCUT2D eigenvalue weighted by Gasteiger charge is 2.78. The molecule has 0 radical (unpaired) electrons. The van der Waals surface area contributed by atoms with Crippen molar-refractivity contribution in [1.82, 2.24) is 9.80 Å². The maximum atomic E-state index is 14.9. The Labute approximate surface area is 269 Å². The SMILES string of the molecule is C=CCN(CCC)C(=O)[C@H]1[C@H]2C(=O)N(CCCCCCO)C(C(=O)N(CC=C)c3ccc(N(CC)CC)cc3)C23CC[C@]1(C)O3. The molecular formula is C36H54N4O5. The number of rotatable bonds is 18. The predicted molar refractivity (Wildman–Crippen MR) is 179 cm³/mol. The van der Waals surface area contributed by atoms with Gasteiger partial charge in [-0.15, -0.1) is 13.2 Å².